The summed E-state index contributed by atoms with van der Waals surface area (Å²) in [5.41, 5.74) is 1.01. The zero-order chi connectivity index (χ0) is 17.3. The highest BCUT2D eigenvalue weighted by molar-refractivity contribution is 5.95. The summed E-state index contributed by atoms with van der Waals surface area (Å²) < 4.78 is 5.42. The summed E-state index contributed by atoms with van der Waals surface area (Å²) in [6.45, 7) is 2.30. The lowest BCUT2D eigenvalue weighted by Gasteiger charge is -2.27. The lowest BCUT2D eigenvalue weighted by atomic mass is 9.80. The maximum absolute atomic E-state index is 11.8. The number of amides is 1. The maximum Gasteiger partial charge on any atom is 0.247 e. The summed E-state index contributed by atoms with van der Waals surface area (Å²) in [7, 11) is 0. The number of benzene rings is 1. The molecule has 0 radical (unpaired) electrons. The standard InChI is InChI=1S/C18H19N5O2/c19-12-18(7-9-20-10-8-18)17-21-16(22-25-17)13-3-5-14(6-4-13)23-11-1-2-15(23)24/h3-6,20H,1-2,7-11H2. The number of hydrogen-bond acceptors (Lipinski definition) is 6. The highest BCUT2D eigenvalue weighted by atomic mass is 16.5. The van der Waals surface area contributed by atoms with E-state index in [1.165, 1.54) is 0 Å². The molecule has 0 bridgehead atoms. The Morgan fingerprint density at radius 3 is 2.64 bits per heavy atom. The van der Waals surface area contributed by atoms with Crippen molar-refractivity contribution in [1.82, 2.24) is 15.5 Å². The highest BCUT2D eigenvalue weighted by Crippen LogP contribution is 2.33. The molecule has 2 saturated heterocycles. The van der Waals surface area contributed by atoms with E-state index in [0.29, 0.717) is 31.0 Å². The van der Waals surface area contributed by atoms with Gasteiger partial charge in [-0.3, -0.25) is 4.79 Å². The fraction of sp³-hybridized carbons (Fsp3) is 0.444. The molecule has 1 aromatic heterocycles. The second kappa shape index (κ2) is 6.30. The molecule has 128 valence electrons. The van der Waals surface area contributed by atoms with Crippen LogP contribution in [-0.2, 0) is 10.2 Å². The lowest BCUT2D eigenvalue weighted by Crippen LogP contribution is -2.39. The first-order valence-electron chi connectivity index (χ1n) is 8.59. The van der Waals surface area contributed by atoms with Crippen LogP contribution in [0.15, 0.2) is 28.8 Å². The molecular weight excluding hydrogens is 318 g/mol. The fourth-order valence-electron chi connectivity index (χ4n) is 3.47. The van der Waals surface area contributed by atoms with Crippen molar-refractivity contribution >= 4 is 11.6 Å². The Morgan fingerprint density at radius 1 is 1.24 bits per heavy atom. The molecule has 7 nitrogen and oxygen atoms in total. The van der Waals surface area contributed by atoms with Crippen molar-refractivity contribution in [1.29, 1.82) is 5.26 Å². The average molecular weight is 337 g/mol. The number of rotatable bonds is 3. The van der Waals surface area contributed by atoms with Gasteiger partial charge >= 0.3 is 0 Å². The molecular formula is C18H19N5O2. The third kappa shape index (κ3) is 2.79. The Labute approximate surface area is 145 Å². The van der Waals surface area contributed by atoms with Gasteiger partial charge in [-0.2, -0.15) is 10.2 Å². The molecule has 1 amide bonds. The second-order valence-corrected chi connectivity index (χ2v) is 6.56. The molecule has 2 aromatic rings. The van der Waals surface area contributed by atoms with Gasteiger partial charge in [0.2, 0.25) is 17.6 Å². The quantitative estimate of drug-likeness (QED) is 0.920. The predicted octanol–water partition coefficient (Wildman–Crippen LogP) is 2.01. The molecule has 1 aromatic carbocycles. The molecule has 0 aliphatic carbocycles. The SMILES string of the molecule is N#CC1(c2nc(-c3ccc(N4CCCC4=O)cc3)no2)CCNCC1. The summed E-state index contributed by atoms with van der Waals surface area (Å²) in [6.07, 6.45) is 2.85. The van der Waals surface area contributed by atoms with Gasteiger partial charge in [0.05, 0.1) is 6.07 Å². The summed E-state index contributed by atoms with van der Waals surface area (Å²) in [4.78, 5) is 18.1. The van der Waals surface area contributed by atoms with Crippen LogP contribution in [0.2, 0.25) is 0 Å². The number of carbonyl (C=O) groups excluding carboxylic acids is 1. The largest absolute Gasteiger partial charge is 0.337 e. The lowest BCUT2D eigenvalue weighted by molar-refractivity contribution is -0.117. The third-order valence-electron chi connectivity index (χ3n) is 5.02. The van der Waals surface area contributed by atoms with E-state index in [-0.39, 0.29) is 5.91 Å². The summed E-state index contributed by atoms with van der Waals surface area (Å²) in [6, 6.07) is 9.94. The second-order valence-electron chi connectivity index (χ2n) is 6.56. The molecule has 0 spiro atoms. The van der Waals surface area contributed by atoms with E-state index in [0.717, 1.165) is 37.3 Å². The molecule has 1 N–H and O–H groups in total. The number of anilines is 1. The van der Waals surface area contributed by atoms with E-state index >= 15 is 0 Å². The fourth-order valence-corrected chi connectivity index (χ4v) is 3.47. The molecule has 0 atom stereocenters. The van der Waals surface area contributed by atoms with Gasteiger partial charge in [0.15, 0.2) is 0 Å². The van der Waals surface area contributed by atoms with Gasteiger partial charge in [0.25, 0.3) is 0 Å². The number of carbonyl (C=O) groups is 1. The smallest absolute Gasteiger partial charge is 0.247 e. The molecule has 4 rings (SSSR count). The summed E-state index contributed by atoms with van der Waals surface area (Å²) >= 11 is 0. The topological polar surface area (TPSA) is 95.0 Å². The molecule has 2 aliphatic heterocycles. The van der Waals surface area contributed by atoms with Crippen molar-refractivity contribution in [3.63, 3.8) is 0 Å². The van der Waals surface area contributed by atoms with Gasteiger partial charge in [0.1, 0.15) is 5.41 Å². The number of aromatic nitrogens is 2. The van der Waals surface area contributed by atoms with Crippen molar-refractivity contribution < 1.29 is 9.32 Å². The monoisotopic (exact) mass is 337 g/mol. The minimum Gasteiger partial charge on any atom is -0.337 e. The molecule has 2 aliphatic rings. The Balaban J connectivity index is 1.58. The van der Waals surface area contributed by atoms with Gasteiger partial charge in [-0.05, 0) is 56.6 Å². The molecule has 7 heteroatoms. The zero-order valence-corrected chi connectivity index (χ0v) is 13.9. The maximum atomic E-state index is 11.8. The summed E-state index contributed by atoms with van der Waals surface area (Å²) in [5.74, 6) is 1.03. The van der Waals surface area contributed by atoms with Crippen LogP contribution >= 0.6 is 0 Å². The minimum absolute atomic E-state index is 0.163. The molecule has 0 saturated carbocycles. The van der Waals surface area contributed by atoms with E-state index < -0.39 is 5.41 Å². The van der Waals surface area contributed by atoms with Crippen molar-refractivity contribution in [2.24, 2.45) is 0 Å². The first-order chi connectivity index (χ1) is 12.2. The third-order valence-corrected chi connectivity index (χ3v) is 5.02. The Hall–Kier alpha value is -2.72. The number of nitriles is 1. The number of nitrogens with one attached hydrogen (secondary N) is 1. The van der Waals surface area contributed by atoms with E-state index in [1.54, 1.807) is 4.90 Å². The molecule has 0 unspecified atom stereocenters. The Kier molecular flexibility index (Phi) is 3.98. The number of piperidine rings is 1. The first-order valence-corrected chi connectivity index (χ1v) is 8.59. The van der Waals surface area contributed by atoms with E-state index in [9.17, 15) is 10.1 Å². The zero-order valence-electron chi connectivity index (χ0n) is 13.9. The van der Waals surface area contributed by atoms with E-state index in [2.05, 4.69) is 21.5 Å². The van der Waals surface area contributed by atoms with Crippen molar-refractivity contribution in [3.05, 3.63) is 30.2 Å². The number of hydrogen-bond donors (Lipinski definition) is 1. The normalized spacial score (nSPS) is 19.8. The van der Waals surface area contributed by atoms with Crippen LogP contribution < -0.4 is 10.2 Å². The van der Waals surface area contributed by atoms with E-state index in [4.69, 9.17) is 4.52 Å². The van der Waals surface area contributed by atoms with E-state index in [1.807, 2.05) is 24.3 Å². The van der Waals surface area contributed by atoms with Gasteiger partial charge < -0.3 is 14.7 Å². The Bertz CT molecular complexity index is 815. The Morgan fingerprint density at radius 2 is 2.00 bits per heavy atom. The molecule has 25 heavy (non-hydrogen) atoms. The van der Waals surface area contributed by atoms with Crippen molar-refractivity contribution in [2.75, 3.05) is 24.5 Å². The summed E-state index contributed by atoms with van der Waals surface area (Å²) in [5, 5.41) is 16.9. The van der Waals surface area contributed by atoms with Gasteiger partial charge in [-0.15, -0.1) is 0 Å². The molecule has 2 fully saturated rings. The van der Waals surface area contributed by atoms with Crippen LogP contribution in [0, 0.1) is 11.3 Å². The minimum atomic E-state index is -0.696. The van der Waals surface area contributed by atoms with Crippen LogP contribution in [-0.4, -0.2) is 35.7 Å². The van der Waals surface area contributed by atoms with Crippen LogP contribution in [0.1, 0.15) is 31.6 Å². The van der Waals surface area contributed by atoms with Crippen LogP contribution in [0.25, 0.3) is 11.4 Å². The predicted molar refractivity (Wildman–Crippen MR) is 90.7 cm³/mol. The van der Waals surface area contributed by atoms with Crippen molar-refractivity contribution in [2.45, 2.75) is 31.1 Å². The first kappa shape index (κ1) is 15.8. The van der Waals surface area contributed by atoms with Crippen molar-refractivity contribution in [3.8, 4) is 17.5 Å². The van der Waals surface area contributed by atoms with Crippen LogP contribution in [0.4, 0.5) is 5.69 Å². The van der Waals surface area contributed by atoms with Gasteiger partial charge in [-0.25, -0.2) is 0 Å². The van der Waals surface area contributed by atoms with Gasteiger partial charge in [0, 0.05) is 24.2 Å². The number of nitrogens with zero attached hydrogens (tertiary/aromatic N) is 4. The highest BCUT2D eigenvalue weighted by Gasteiger charge is 2.39. The average Bonchev–Trinajstić information content (AvgIpc) is 3.32. The van der Waals surface area contributed by atoms with Crippen LogP contribution in [0.3, 0.4) is 0 Å². The molecule has 3 heterocycles. The van der Waals surface area contributed by atoms with Gasteiger partial charge in [-0.1, -0.05) is 5.16 Å². The van der Waals surface area contributed by atoms with Crippen LogP contribution in [0.5, 0.6) is 0 Å².